The Morgan fingerprint density at radius 1 is 1.11 bits per heavy atom. The molecule has 0 aliphatic carbocycles. The SMILES string of the molecule is COc1cc(F)cc(-c2cc(OC)c(C)nc2N)c1. The third-order valence-corrected chi connectivity index (χ3v) is 2.83. The molecule has 1 aromatic heterocycles. The number of rotatable bonds is 3. The van der Waals surface area contributed by atoms with Crippen LogP contribution < -0.4 is 15.2 Å². The van der Waals surface area contributed by atoms with Crippen molar-refractivity contribution in [2.75, 3.05) is 20.0 Å². The van der Waals surface area contributed by atoms with Gasteiger partial charge in [0.2, 0.25) is 0 Å². The summed E-state index contributed by atoms with van der Waals surface area (Å²) in [7, 11) is 3.03. The second kappa shape index (κ2) is 5.14. The highest BCUT2D eigenvalue weighted by Gasteiger charge is 2.11. The predicted octanol–water partition coefficient (Wildman–Crippen LogP) is 2.80. The Bertz CT molecular complexity index is 615. The Hall–Kier alpha value is -2.30. The first kappa shape index (κ1) is 13.1. The summed E-state index contributed by atoms with van der Waals surface area (Å²) in [5, 5.41) is 0. The van der Waals surface area contributed by atoms with E-state index in [9.17, 15) is 4.39 Å². The third-order valence-electron chi connectivity index (χ3n) is 2.83. The van der Waals surface area contributed by atoms with Crippen LogP contribution in [-0.4, -0.2) is 19.2 Å². The van der Waals surface area contributed by atoms with Crippen molar-refractivity contribution in [1.29, 1.82) is 0 Å². The number of hydrogen-bond donors (Lipinski definition) is 1. The average Bonchev–Trinajstić information content (AvgIpc) is 2.38. The maximum absolute atomic E-state index is 13.5. The van der Waals surface area contributed by atoms with Gasteiger partial charge in [0.1, 0.15) is 23.1 Å². The topological polar surface area (TPSA) is 57.4 Å². The highest BCUT2D eigenvalue weighted by molar-refractivity contribution is 5.76. The first-order chi connectivity index (χ1) is 9.05. The Labute approximate surface area is 111 Å². The summed E-state index contributed by atoms with van der Waals surface area (Å²) in [6.07, 6.45) is 0. The first-order valence-electron chi connectivity index (χ1n) is 5.71. The molecule has 0 aliphatic rings. The molecule has 2 aromatic rings. The van der Waals surface area contributed by atoms with E-state index >= 15 is 0 Å². The van der Waals surface area contributed by atoms with Crippen molar-refractivity contribution in [3.63, 3.8) is 0 Å². The Balaban J connectivity index is 2.61. The van der Waals surface area contributed by atoms with E-state index in [1.54, 1.807) is 26.2 Å². The number of anilines is 1. The van der Waals surface area contributed by atoms with Crippen LogP contribution in [-0.2, 0) is 0 Å². The van der Waals surface area contributed by atoms with Gasteiger partial charge in [-0.05, 0) is 30.7 Å². The molecule has 100 valence electrons. The van der Waals surface area contributed by atoms with Gasteiger partial charge in [-0.15, -0.1) is 0 Å². The zero-order chi connectivity index (χ0) is 14.0. The summed E-state index contributed by atoms with van der Waals surface area (Å²) in [6.45, 7) is 1.80. The van der Waals surface area contributed by atoms with Gasteiger partial charge in [0.15, 0.2) is 0 Å². The summed E-state index contributed by atoms with van der Waals surface area (Å²) >= 11 is 0. The van der Waals surface area contributed by atoms with Gasteiger partial charge in [0, 0.05) is 11.6 Å². The average molecular weight is 262 g/mol. The molecule has 2 N–H and O–H groups in total. The van der Waals surface area contributed by atoms with Gasteiger partial charge in [0.25, 0.3) is 0 Å². The van der Waals surface area contributed by atoms with Crippen molar-refractivity contribution < 1.29 is 13.9 Å². The third kappa shape index (κ3) is 2.59. The lowest BCUT2D eigenvalue weighted by Gasteiger charge is -2.11. The van der Waals surface area contributed by atoms with Crippen LogP contribution in [0, 0.1) is 12.7 Å². The largest absolute Gasteiger partial charge is 0.497 e. The van der Waals surface area contributed by atoms with E-state index in [1.165, 1.54) is 19.2 Å². The van der Waals surface area contributed by atoms with Crippen LogP contribution in [0.15, 0.2) is 24.3 Å². The van der Waals surface area contributed by atoms with E-state index in [1.807, 2.05) is 0 Å². The second-order valence-corrected chi connectivity index (χ2v) is 4.09. The number of aromatic nitrogens is 1. The first-order valence-corrected chi connectivity index (χ1v) is 5.71. The maximum atomic E-state index is 13.5. The molecule has 0 fully saturated rings. The van der Waals surface area contributed by atoms with E-state index in [0.717, 1.165) is 0 Å². The minimum atomic E-state index is -0.395. The van der Waals surface area contributed by atoms with Gasteiger partial charge in [-0.2, -0.15) is 0 Å². The number of aryl methyl sites for hydroxylation is 1. The van der Waals surface area contributed by atoms with Crippen molar-refractivity contribution in [3.8, 4) is 22.6 Å². The van der Waals surface area contributed by atoms with Crippen LogP contribution in [0.5, 0.6) is 11.5 Å². The molecule has 4 nitrogen and oxygen atoms in total. The summed E-state index contributed by atoms with van der Waals surface area (Å²) in [5.74, 6) is 0.959. The lowest BCUT2D eigenvalue weighted by Crippen LogP contribution is -1.99. The number of nitrogens with zero attached hydrogens (tertiary/aromatic N) is 1. The molecule has 0 unspecified atom stereocenters. The predicted molar refractivity (Wildman–Crippen MR) is 71.9 cm³/mol. The number of methoxy groups -OCH3 is 2. The van der Waals surface area contributed by atoms with Crippen molar-refractivity contribution in [2.45, 2.75) is 6.92 Å². The summed E-state index contributed by atoms with van der Waals surface area (Å²) in [5.41, 5.74) is 7.78. The second-order valence-electron chi connectivity index (χ2n) is 4.09. The fraction of sp³-hybridized carbons (Fsp3) is 0.214. The summed E-state index contributed by atoms with van der Waals surface area (Å²) in [6, 6.07) is 6.13. The number of benzene rings is 1. The highest BCUT2D eigenvalue weighted by atomic mass is 19.1. The fourth-order valence-corrected chi connectivity index (χ4v) is 1.88. The number of pyridine rings is 1. The van der Waals surface area contributed by atoms with Crippen molar-refractivity contribution in [3.05, 3.63) is 35.8 Å². The van der Waals surface area contributed by atoms with Crippen molar-refractivity contribution in [2.24, 2.45) is 0 Å². The van der Waals surface area contributed by atoms with Crippen molar-refractivity contribution >= 4 is 5.82 Å². The van der Waals surface area contributed by atoms with Crippen LogP contribution in [0.2, 0.25) is 0 Å². The monoisotopic (exact) mass is 262 g/mol. The zero-order valence-electron chi connectivity index (χ0n) is 11.0. The number of nitrogen functional groups attached to an aromatic ring is 1. The van der Waals surface area contributed by atoms with E-state index in [0.29, 0.717) is 34.1 Å². The van der Waals surface area contributed by atoms with Crippen LogP contribution in [0.1, 0.15) is 5.69 Å². The quantitative estimate of drug-likeness (QED) is 0.924. The molecule has 0 radical (unpaired) electrons. The molecule has 0 atom stereocenters. The van der Waals surface area contributed by atoms with E-state index < -0.39 is 5.82 Å². The zero-order valence-corrected chi connectivity index (χ0v) is 11.0. The van der Waals surface area contributed by atoms with Gasteiger partial charge in [0.05, 0.1) is 19.9 Å². The molecule has 1 heterocycles. The van der Waals surface area contributed by atoms with E-state index in [4.69, 9.17) is 15.2 Å². The molecular weight excluding hydrogens is 247 g/mol. The fourth-order valence-electron chi connectivity index (χ4n) is 1.88. The molecule has 5 heteroatoms. The molecule has 0 aliphatic heterocycles. The summed E-state index contributed by atoms with van der Waals surface area (Å²) < 4.78 is 23.8. The van der Waals surface area contributed by atoms with Crippen LogP contribution in [0.25, 0.3) is 11.1 Å². The number of halogens is 1. The number of hydrogen-bond acceptors (Lipinski definition) is 4. The van der Waals surface area contributed by atoms with Gasteiger partial charge in [-0.25, -0.2) is 9.37 Å². The molecule has 2 rings (SSSR count). The van der Waals surface area contributed by atoms with Gasteiger partial charge in [-0.1, -0.05) is 0 Å². The number of nitrogens with two attached hydrogens (primary N) is 1. The number of ether oxygens (including phenoxy) is 2. The molecule has 0 bridgehead atoms. The minimum Gasteiger partial charge on any atom is -0.497 e. The summed E-state index contributed by atoms with van der Waals surface area (Å²) in [4.78, 5) is 4.20. The van der Waals surface area contributed by atoms with Crippen LogP contribution in [0.3, 0.4) is 0 Å². The van der Waals surface area contributed by atoms with E-state index in [-0.39, 0.29) is 0 Å². The Morgan fingerprint density at radius 3 is 2.47 bits per heavy atom. The van der Waals surface area contributed by atoms with Crippen LogP contribution in [0.4, 0.5) is 10.2 Å². The van der Waals surface area contributed by atoms with Crippen molar-refractivity contribution in [1.82, 2.24) is 4.98 Å². The van der Waals surface area contributed by atoms with Gasteiger partial charge in [-0.3, -0.25) is 0 Å². The minimum absolute atomic E-state index is 0.325. The molecule has 0 saturated heterocycles. The molecule has 0 amide bonds. The Kier molecular flexibility index (Phi) is 3.55. The molecule has 19 heavy (non-hydrogen) atoms. The van der Waals surface area contributed by atoms with Gasteiger partial charge < -0.3 is 15.2 Å². The molecule has 0 spiro atoms. The molecule has 0 saturated carbocycles. The molecular formula is C14H15FN2O2. The Morgan fingerprint density at radius 2 is 1.84 bits per heavy atom. The normalized spacial score (nSPS) is 10.3. The maximum Gasteiger partial charge on any atom is 0.140 e. The molecule has 1 aromatic carbocycles. The smallest absolute Gasteiger partial charge is 0.140 e. The lowest BCUT2D eigenvalue weighted by molar-refractivity contribution is 0.409. The highest BCUT2D eigenvalue weighted by Crippen LogP contribution is 2.32. The van der Waals surface area contributed by atoms with E-state index in [2.05, 4.69) is 4.98 Å². The lowest BCUT2D eigenvalue weighted by atomic mass is 10.1. The van der Waals surface area contributed by atoms with Gasteiger partial charge >= 0.3 is 0 Å². The standard InChI is InChI=1S/C14H15FN2O2/c1-8-13(19-3)7-12(14(16)17-8)9-4-10(15)6-11(5-9)18-2/h4-7H,1-3H3,(H2,16,17). The van der Waals surface area contributed by atoms with Crippen LogP contribution >= 0.6 is 0 Å².